The number of carbonyl (C=O) groups is 1. The third-order valence-corrected chi connectivity index (χ3v) is 4.73. The van der Waals surface area contributed by atoms with Gasteiger partial charge in [-0.05, 0) is 61.4 Å². The molecule has 0 saturated carbocycles. The van der Waals surface area contributed by atoms with Gasteiger partial charge in [0, 0.05) is 16.5 Å². The minimum Gasteiger partial charge on any atom is -0.508 e. The van der Waals surface area contributed by atoms with Crippen molar-refractivity contribution in [2.45, 2.75) is 20.4 Å². The van der Waals surface area contributed by atoms with Gasteiger partial charge in [-0.25, -0.2) is 4.98 Å². The molecule has 4 nitrogen and oxygen atoms in total. The molecular formula is C19H18N2O2S. The zero-order chi connectivity index (χ0) is 17.1. The molecule has 0 atom stereocenters. The van der Waals surface area contributed by atoms with Gasteiger partial charge < -0.3 is 10.4 Å². The van der Waals surface area contributed by atoms with Crippen LogP contribution in [0.25, 0.3) is 11.3 Å². The summed E-state index contributed by atoms with van der Waals surface area (Å²) in [5, 5.41) is 15.0. The molecule has 0 unspecified atom stereocenters. The summed E-state index contributed by atoms with van der Waals surface area (Å²) in [5.74, 6) is 0.134. The van der Waals surface area contributed by atoms with Crippen LogP contribution in [0.3, 0.4) is 0 Å². The summed E-state index contributed by atoms with van der Waals surface area (Å²) in [6.45, 7) is 4.42. The number of thiazole rings is 1. The molecule has 24 heavy (non-hydrogen) atoms. The number of benzene rings is 2. The number of aromatic nitrogens is 1. The van der Waals surface area contributed by atoms with Crippen LogP contribution in [0, 0.1) is 13.8 Å². The number of aromatic hydroxyl groups is 1. The summed E-state index contributed by atoms with van der Waals surface area (Å²) in [6, 6.07) is 12.6. The van der Waals surface area contributed by atoms with Crippen molar-refractivity contribution in [3.05, 3.63) is 69.5 Å². The number of nitrogens with zero attached hydrogens (tertiary/aromatic N) is 1. The number of phenolic OH excluding ortho intramolecular Hbond substituents is 1. The predicted octanol–water partition coefficient (Wildman–Crippen LogP) is 4.06. The molecule has 0 radical (unpaired) electrons. The lowest BCUT2D eigenvalue weighted by molar-refractivity contribution is 0.0951. The highest BCUT2D eigenvalue weighted by Gasteiger charge is 2.09. The average Bonchev–Trinajstić information content (AvgIpc) is 3.05. The van der Waals surface area contributed by atoms with Crippen LogP contribution in [0.5, 0.6) is 5.75 Å². The van der Waals surface area contributed by atoms with E-state index in [1.165, 1.54) is 16.9 Å². The molecule has 0 saturated heterocycles. The Morgan fingerprint density at radius 3 is 2.58 bits per heavy atom. The van der Waals surface area contributed by atoms with Gasteiger partial charge in [0.2, 0.25) is 0 Å². The van der Waals surface area contributed by atoms with E-state index in [4.69, 9.17) is 0 Å². The standard InChI is InChI=1S/C19H18N2O2S/c1-12-3-4-15(9-13(12)2)19(23)20-10-18-21-17(11-24-18)14-5-7-16(22)8-6-14/h3-9,11,22H,10H2,1-2H3,(H,20,23). The van der Waals surface area contributed by atoms with E-state index in [1.54, 1.807) is 12.1 Å². The SMILES string of the molecule is Cc1ccc(C(=O)NCc2nc(-c3ccc(O)cc3)cs2)cc1C. The first-order valence-electron chi connectivity index (χ1n) is 7.62. The first-order valence-corrected chi connectivity index (χ1v) is 8.50. The summed E-state index contributed by atoms with van der Waals surface area (Å²) < 4.78 is 0. The molecule has 5 heteroatoms. The second kappa shape index (κ2) is 6.84. The van der Waals surface area contributed by atoms with E-state index in [-0.39, 0.29) is 11.7 Å². The molecule has 3 rings (SSSR count). The van der Waals surface area contributed by atoms with E-state index in [2.05, 4.69) is 10.3 Å². The number of aryl methyl sites for hydroxylation is 2. The molecule has 3 aromatic rings. The molecule has 0 aliphatic carbocycles. The third kappa shape index (κ3) is 3.63. The second-order valence-electron chi connectivity index (χ2n) is 5.66. The zero-order valence-corrected chi connectivity index (χ0v) is 14.4. The fourth-order valence-electron chi connectivity index (χ4n) is 2.30. The highest BCUT2D eigenvalue weighted by Crippen LogP contribution is 2.23. The molecule has 2 N–H and O–H groups in total. The lowest BCUT2D eigenvalue weighted by Gasteiger charge is -2.06. The number of phenols is 1. The van der Waals surface area contributed by atoms with Crippen molar-refractivity contribution >= 4 is 17.2 Å². The van der Waals surface area contributed by atoms with Crippen LogP contribution < -0.4 is 5.32 Å². The summed E-state index contributed by atoms with van der Waals surface area (Å²) >= 11 is 1.50. The van der Waals surface area contributed by atoms with E-state index < -0.39 is 0 Å². The number of rotatable bonds is 4. The molecule has 122 valence electrons. The van der Waals surface area contributed by atoms with Crippen LogP contribution in [-0.2, 0) is 6.54 Å². The summed E-state index contributed by atoms with van der Waals surface area (Å²) in [6.07, 6.45) is 0. The van der Waals surface area contributed by atoms with Crippen LogP contribution in [0.1, 0.15) is 26.5 Å². The highest BCUT2D eigenvalue weighted by atomic mass is 32.1. The average molecular weight is 338 g/mol. The van der Waals surface area contributed by atoms with Crippen molar-refractivity contribution in [2.75, 3.05) is 0 Å². The van der Waals surface area contributed by atoms with Crippen LogP contribution in [0.4, 0.5) is 0 Å². The molecular weight excluding hydrogens is 320 g/mol. The first-order chi connectivity index (χ1) is 11.5. The number of carbonyl (C=O) groups excluding carboxylic acids is 1. The molecule has 1 amide bonds. The number of hydrogen-bond donors (Lipinski definition) is 2. The van der Waals surface area contributed by atoms with Gasteiger partial charge in [0.25, 0.3) is 5.91 Å². The minimum absolute atomic E-state index is 0.0977. The van der Waals surface area contributed by atoms with E-state index in [0.29, 0.717) is 12.1 Å². The molecule has 0 bridgehead atoms. The Bertz CT molecular complexity index is 869. The van der Waals surface area contributed by atoms with Crippen molar-refractivity contribution in [1.82, 2.24) is 10.3 Å². The summed E-state index contributed by atoms with van der Waals surface area (Å²) in [5.41, 5.74) is 4.72. The van der Waals surface area contributed by atoms with Crippen molar-refractivity contribution in [1.29, 1.82) is 0 Å². The maximum absolute atomic E-state index is 12.2. The van der Waals surface area contributed by atoms with Crippen molar-refractivity contribution < 1.29 is 9.90 Å². The lowest BCUT2D eigenvalue weighted by atomic mass is 10.1. The van der Waals surface area contributed by atoms with Crippen LogP contribution >= 0.6 is 11.3 Å². The maximum atomic E-state index is 12.2. The van der Waals surface area contributed by atoms with Gasteiger partial charge in [-0.3, -0.25) is 4.79 Å². The van der Waals surface area contributed by atoms with E-state index >= 15 is 0 Å². The van der Waals surface area contributed by atoms with Gasteiger partial charge in [0.1, 0.15) is 10.8 Å². The third-order valence-electron chi connectivity index (χ3n) is 3.88. The molecule has 1 heterocycles. The van der Waals surface area contributed by atoms with Crippen molar-refractivity contribution in [3.8, 4) is 17.0 Å². The molecule has 0 spiro atoms. The summed E-state index contributed by atoms with van der Waals surface area (Å²) in [7, 11) is 0. The second-order valence-corrected chi connectivity index (χ2v) is 6.60. The molecule has 1 aromatic heterocycles. The Balaban J connectivity index is 1.65. The Kier molecular flexibility index (Phi) is 4.62. The highest BCUT2D eigenvalue weighted by molar-refractivity contribution is 7.09. The molecule has 2 aromatic carbocycles. The van der Waals surface area contributed by atoms with Gasteiger partial charge in [-0.2, -0.15) is 0 Å². The normalized spacial score (nSPS) is 10.6. The number of amides is 1. The Hall–Kier alpha value is -2.66. The van der Waals surface area contributed by atoms with Crippen LogP contribution in [-0.4, -0.2) is 16.0 Å². The minimum atomic E-state index is -0.0977. The largest absolute Gasteiger partial charge is 0.508 e. The first kappa shape index (κ1) is 16.2. The lowest BCUT2D eigenvalue weighted by Crippen LogP contribution is -2.22. The van der Waals surface area contributed by atoms with Gasteiger partial charge in [0.15, 0.2) is 0 Å². The predicted molar refractivity (Wildman–Crippen MR) is 96.3 cm³/mol. The van der Waals surface area contributed by atoms with Crippen LogP contribution in [0.2, 0.25) is 0 Å². The van der Waals surface area contributed by atoms with E-state index in [1.807, 2.05) is 49.6 Å². The molecule has 0 aliphatic heterocycles. The van der Waals surface area contributed by atoms with Crippen molar-refractivity contribution in [2.24, 2.45) is 0 Å². The molecule has 0 fully saturated rings. The fourth-order valence-corrected chi connectivity index (χ4v) is 3.04. The quantitative estimate of drug-likeness (QED) is 0.754. The number of hydrogen-bond acceptors (Lipinski definition) is 4. The van der Waals surface area contributed by atoms with Crippen LogP contribution in [0.15, 0.2) is 47.8 Å². The van der Waals surface area contributed by atoms with Gasteiger partial charge >= 0.3 is 0 Å². The zero-order valence-electron chi connectivity index (χ0n) is 13.5. The fraction of sp³-hybridized carbons (Fsp3) is 0.158. The smallest absolute Gasteiger partial charge is 0.251 e. The van der Waals surface area contributed by atoms with Crippen molar-refractivity contribution in [3.63, 3.8) is 0 Å². The monoisotopic (exact) mass is 338 g/mol. The number of nitrogens with one attached hydrogen (secondary N) is 1. The van der Waals surface area contributed by atoms with E-state index in [9.17, 15) is 9.90 Å². The maximum Gasteiger partial charge on any atom is 0.251 e. The van der Waals surface area contributed by atoms with Gasteiger partial charge in [-0.1, -0.05) is 6.07 Å². The van der Waals surface area contributed by atoms with Gasteiger partial charge in [0.05, 0.1) is 12.2 Å². The summed E-state index contributed by atoms with van der Waals surface area (Å²) in [4.78, 5) is 16.8. The Morgan fingerprint density at radius 1 is 1.12 bits per heavy atom. The van der Waals surface area contributed by atoms with Gasteiger partial charge in [-0.15, -0.1) is 11.3 Å². The van der Waals surface area contributed by atoms with E-state index in [0.717, 1.165) is 21.8 Å². The molecule has 0 aliphatic rings. The Labute approximate surface area is 144 Å². The topological polar surface area (TPSA) is 62.2 Å². The Morgan fingerprint density at radius 2 is 1.88 bits per heavy atom.